The van der Waals surface area contributed by atoms with Gasteiger partial charge in [0.05, 0.1) is 0 Å². The molecule has 0 amide bonds. The molecule has 0 bridgehead atoms. The summed E-state index contributed by atoms with van der Waals surface area (Å²) in [7, 11) is 0. The van der Waals surface area contributed by atoms with Crippen LogP contribution >= 0.6 is 0 Å². The van der Waals surface area contributed by atoms with Crippen LogP contribution in [0.25, 0.3) is 0 Å². The van der Waals surface area contributed by atoms with Crippen molar-refractivity contribution in [3.8, 4) is 0 Å². The Balaban J connectivity index is 2.00. The van der Waals surface area contributed by atoms with Crippen LogP contribution in [0.2, 0.25) is 0 Å². The number of rotatable bonds is 5. The van der Waals surface area contributed by atoms with Crippen molar-refractivity contribution in [1.29, 1.82) is 0 Å². The van der Waals surface area contributed by atoms with Gasteiger partial charge < -0.3 is 0 Å². The van der Waals surface area contributed by atoms with Crippen molar-refractivity contribution >= 4 is 0 Å². The molecule has 0 N–H and O–H groups in total. The zero-order valence-electron chi connectivity index (χ0n) is 9.10. The lowest BCUT2D eigenvalue weighted by Crippen LogP contribution is -2.04. The number of hydrogen-bond acceptors (Lipinski definition) is 0. The Morgan fingerprint density at radius 2 is 1.85 bits per heavy atom. The van der Waals surface area contributed by atoms with E-state index in [-0.39, 0.29) is 0 Å². The van der Waals surface area contributed by atoms with Gasteiger partial charge in [-0.3, -0.25) is 0 Å². The van der Waals surface area contributed by atoms with Crippen LogP contribution in [0.5, 0.6) is 0 Å². The van der Waals surface area contributed by atoms with Gasteiger partial charge >= 0.3 is 0 Å². The summed E-state index contributed by atoms with van der Waals surface area (Å²) in [6.07, 6.45) is 17.6. The summed E-state index contributed by atoms with van der Waals surface area (Å²) in [5.74, 6) is 1.02. The molecule has 0 aromatic carbocycles. The molecule has 0 heterocycles. The maximum Gasteiger partial charge on any atom is -0.0322 e. The van der Waals surface area contributed by atoms with Gasteiger partial charge in [0.2, 0.25) is 0 Å². The molecule has 1 aliphatic carbocycles. The first-order chi connectivity index (χ1) is 6.43. The second-order valence-corrected chi connectivity index (χ2v) is 4.35. The molecule has 0 radical (unpaired) electrons. The third-order valence-electron chi connectivity index (χ3n) is 3.09. The SMILES string of the molecule is CCCC/C=C/CC1CCCCC1. The highest BCUT2D eigenvalue weighted by Gasteiger charge is 2.10. The van der Waals surface area contributed by atoms with Crippen molar-refractivity contribution in [1.82, 2.24) is 0 Å². The third kappa shape index (κ3) is 5.13. The van der Waals surface area contributed by atoms with Crippen LogP contribution < -0.4 is 0 Å². The van der Waals surface area contributed by atoms with Gasteiger partial charge in [-0.25, -0.2) is 0 Å². The highest BCUT2D eigenvalue weighted by molar-refractivity contribution is 4.84. The summed E-state index contributed by atoms with van der Waals surface area (Å²) < 4.78 is 0. The molecule has 0 aliphatic heterocycles. The fourth-order valence-corrected chi connectivity index (χ4v) is 2.15. The van der Waals surface area contributed by atoms with Crippen LogP contribution in [-0.4, -0.2) is 0 Å². The average Bonchev–Trinajstić information content (AvgIpc) is 2.19. The van der Waals surface area contributed by atoms with Crippen LogP contribution in [0.15, 0.2) is 12.2 Å². The van der Waals surface area contributed by atoms with Crippen molar-refractivity contribution in [3.63, 3.8) is 0 Å². The summed E-state index contributed by atoms with van der Waals surface area (Å²) in [6.45, 7) is 2.26. The van der Waals surface area contributed by atoms with Crippen LogP contribution in [0.1, 0.15) is 64.7 Å². The molecule has 1 fully saturated rings. The molecule has 0 aromatic heterocycles. The highest BCUT2D eigenvalue weighted by atomic mass is 14.2. The second-order valence-electron chi connectivity index (χ2n) is 4.35. The Bertz CT molecular complexity index is 129. The van der Waals surface area contributed by atoms with Crippen molar-refractivity contribution < 1.29 is 0 Å². The zero-order valence-corrected chi connectivity index (χ0v) is 9.10. The van der Waals surface area contributed by atoms with Crippen molar-refractivity contribution in [2.75, 3.05) is 0 Å². The van der Waals surface area contributed by atoms with E-state index in [1.54, 1.807) is 0 Å². The highest BCUT2D eigenvalue weighted by Crippen LogP contribution is 2.26. The van der Waals surface area contributed by atoms with Crippen LogP contribution in [0.3, 0.4) is 0 Å². The molecule has 1 saturated carbocycles. The number of allylic oxidation sites excluding steroid dienone is 2. The Morgan fingerprint density at radius 3 is 2.54 bits per heavy atom. The molecule has 1 rings (SSSR count). The molecular formula is C13H24. The van der Waals surface area contributed by atoms with Gasteiger partial charge in [-0.1, -0.05) is 64.0 Å². The van der Waals surface area contributed by atoms with Crippen molar-refractivity contribution in [3.05, 3.63) is 12.2 Å². The lowest BCUT2D eigenvalue weighted by molar-refractivity contribution is 0.361. The summed E-state index contributed by atoms with van der Waals surface area (Å²) in [6, 6.07) is 0. The van der Waals surface area contributed by atoms with Gasteiger partial charge in [0.25, 0.3) is 0 Å². The van der Waals surface area contributed by atoms with E-state index in [9.17, 15) is 0 Å². The van der Waals surface area contributed by atoms with E-state index in [2.05, 4.69) is 19.1 Å². The quantitative estimate of drug-likeness (QED) is 0.425. The topological polar surface area (TPSA) is 0 Å². The summed E-state index contributed by atoms with van der Waals surface area (Å²) >= 11 is 0. The molecular weight excluding hydrogens is 156 g/mol. The van der Waals surface area contributed by atoms with Crippen molar-refractivity contribution in [2.45, 2.75) is 64.7 Å². The van der Waals surface area contributed by atoms with Gasteiger partial charge in [0.15, 0.2) is 0 Å². The summed E-state index contributed by atoms with van der Waals surface area (Å²) in [5, 5.41) is 0. The van der Waals surface area contributed by atoms with E-state index in [4.69, 9.17) is 0 Å². The first-order valence-corrected chi connectivity index (χ1v) is 6.08. The van der Waals surface area contributed by atoms with Gasteiger partial charge in [-0.2, -0.15) is 0 Å². The number of unbranched alkanes of at least 4 members (excludes halogenated alkanes) is 2. The molecule has 76 valence electrons. The first kappa shape index (κ1) is 10.8. The minimum absolute atomic E-state index is 1.02. The largest absolute Gasteiger partial charge is 0.0885 e. The molecule has 0 aromatic rings. The van der Waals surface area contributed by atoms with Crippen LogP contribution in [0.4, 0.5) is 0 Å². The average molecular weight is 180 g/mol. The van der Waals surface area contributed by atoms with Gasteiger partial charge in [-0.15, -0.1) is 0 Å². The number of hydrogen-bond donors (Lipinski definition) is 0. The zero-order chi connectivity index (χ0) is 9.36. The smallest absolute Gasteiger partial charge is 0.0322 e. The van der Waals surface area contributed by atoms with E-state index in [1.165, 1.54) is 57.8 Å². The Morgan fingerprint density at radius 1 is 1.08 bits per heavy atom. The monoisotopic (exact) mass is 180 g/mol. The van der Waals surface area contributed by atoms with E-state index in [0.29, 0.717) is 0 Å². The van der Waals surface area contributed by atoms with Crippen LogP contribution in [0, 0.1) is 5.92 Å². The first-order valence-electron chi connectivity index (χ1n) is 6.08. The van der Waals surface area contributed by atoms with Gasteiger partial charge in [0, 0.05) is 0 Å². The van der Waals surface area contributed by atoms with Gasteiger partial charge in [0.1, 0.15) is 0 Å². The minimum Gasteiger partial charge on any atom is -0.0885 e. The normalized spacial score (nSPS) is 19.8. The fourth-order valence-electron chi connectivity index (χ4n) is 2.15. The van der Waals surface area contributed by atoms with Gasteiger partial charge in [-0.05, 0) is 18.8 Å². The summed E-state index contributed by atoms with van der Waals surface area (Å²) in [4.78, 5) is 0. The van der Waals surface area contributed by atoms with Crippen molar-refractivity contribution in [2.24, 2.45) is 5.92 Å². The molecule has 13 heavy (non-hydrogen) atoms. The standard InChI is InChI=1S/C13H24/c1-2-3-4-5-7-10-13-11-8-6-9-12-13/h5,7,13H,2-4,6,8-12H2,1H3/b7-5+. The van der Waals surface area contributed by atoms with E-state index in [0.717, 1.165) is 5.92 Å². The molecule has 0 heteroatoms. The third-order valence-corrected chi connectivity index (χ3v) is 3.09. The Hall–Kier alpha value is -0.260. The predicted octanol–water partition coefficient (Wildman–Crippen LogP) is 4.70. The van der Waals surface area contributed by atoms with E-state index >= 15 is 0 Å². The molecule has 0 nitrogen and oxygen atoms in total. The predicted molar refractivity (Wildman–Crippen MR) is 59.9 cm³/mol. The fraction of sp³-hybridized carbons (Fsp3) is 0.846. The van der Waals surface area contributed by atoms with Crippen LogP contribution in [-0.2, 0) is 0 Å². The molecule has 1 aliphatic rings. The summed E-state index contributed by atoms with van der Waals surface area (Å²) in [5.41, 5.74) is 0. The molecule has 0 saturated heterocycles. The second kappa shape index (κ2) is 7.17. The van der Waals surface area contributed by atoms with E-state index < -0.39 is 0 Å². The molecule has 0 unspecified atom stereocenters. The van der Waals surface area contributed by atoms with E-state index in [1.807, 2.05) is 0 Å². The minimum atomic E-state index is 1.02. The lowest BCUT2D eigenvalue weighted by Gasteiger charge is -2.19. The Labute approximate surface area is 83.4 Å². The Kier molecular flexibility index (Phi) is 5.97. The maximum absolute atomic E-state index is 2.42. The molecule has 0 atom stereocenters. The maximum atomic E-state index is 2.42. The molecule has 0 spiro atoms. The lowest BCUT2D eigenvalue weighted by atomic mass is 9.87.